The number of nitrogens with one attached hydrogen (secondary N) is 1. The lowest BCUT2D eigenvalue weighted by Gasteiger charge is -2.17. The van der Waals surface area contributed by atoms with E-state index < -0.39 is 0 Å². The summed E-state index contributed by atoms with van der Waals surface area (Å²) < 4.78 is 17.5. The van der Waals surface area contributed by atoms with Crippen LogP contribution in [-0.4, -0.2) is 54.3 Å². The number of hydrogen-bond donors (Lipinski definition) is 1. The number of aryl methyl sites for hydroxylation is 1. The number of hydrogen-bond acceptors (Lipinski definition) is 7. The van der Waals surface area contributed by atoms with Crippen molar-refractivity contribution in [3.63, 3.8) is 0 Å². The number of rotatable bonds is 15. The molecule has 3 aromatic rings. The van der Waals surface area contributed by atoms with Crippen LogP contribution in [0.2, 0.25) is 0 Å². The van der Waals surface area contributed by atoms with Gasteiger partial charge in [0.1, 0.15) is 12.4 Å². The van der Waals surface area contributed by atoms with Gasteiger partial charge in [0.2, 0.25) is 5.95 Å². The Kier molecular flexibility index (Phi) is 10.4. The van der Waals surface area contributed by atoms with Crippen molar-refractivity contribution >= 4 is 11.6 Å². The van der Waals surface area contributed by atoms with Crippen LogP contribution in [0, 0.1) is 6.92 Å². The van der Waals surface area contributed by atoms with Crippen LogP contribution in [0.25, 0.3) is 11.3 Å². The highest BCUT2D eigenvalue weighted by Gasteiger charge is 2.13. The van der Waals surface area contributed by atoms with Crippen LogP contribution in [0.5, 0.6) is 5.75 Å². The molecule has 38 heavy (non-hydrogen) atoms. The molecule has 1 fully saturated rings. The molecule has 0 aliphatic carbocycles. The van der Waals surface area contributed by atoms with Crippen molar-refractivity contribution in [2.24, 2.45) is 0 Å². The van der Waals surface area contributed by atoms with Crippen molar-refractivity contribution in [3.8, 4) is 17.0 Å². The van der Waals surface area contributed by atoms with Crippen molar-refractivity contribution in [2.75, 3.05) is 44.8 Å². The smallest absolute Gasteiger partial charge is 0.227 e. The number of anilines is 2. The topological polar surface area (TPSA) is 68.7 Å². The minimum absolute atomic E-state index is 0.432. The molecule has 1 aliphatic rings. The van der Waals surface area contributed by atoms with Crippen LogP contribution in [0.3, 0.4) is 0 Å². The fraction of sp³-hybridized carbons (Fsp3) is 0.355. The molecule has 0 unspecified atom stereocenters. The second-order valence-electron chi connectivity index (χ2n) is 9.38. The molecule has 0 spiro atoms. The quantitative estimate of drug-likeness (QED) is 0.195. The van der Waals surface area contributed by atoms with Gasteiger partial charge in [-0.05, 0) is 68.2 Å². The zero-order chi connectivity index (χ0) is 26.6. The molecule has 1 aliphatic heterocycles. The Morgan fingerprint density at radius 2 is 1.79 bits per heavy atom. The van der Waals surface area contributed by atoms with Crippen LogP contribution >= 0.6 is 0 Å². The fourth-order valence-corrected chi connectivity index (χ4v) is 4.45. The zero-order valence-electron chi connectivity index (χ0n) is 22.3. The molecule has 2 aromatic carbocycles. The predicted octanol–water partition coefficient (Wildman–Crippen LogP) is 6.08. The van der Waals surface area contributed by atoms with E-state index in [1.165, 1.54) is 12.8 Å². The third kappa shape index (κ3) is 7.99. The average molecular weight is 515 g/mol. The first-order chi connectivity index (χ1) is 18.7. The van der Waals surface area contributed by atoms with Crippen LogP contribution in [0.4, 0.5) is 11.6 Å². The van der Waals surface area contributed by atoms with Gasteiger partial charge in [-0.3, -0.25) is 4.90 Å². The molecular weight excluding hydrogens is 476 g/mol. The third-order valence-electron chi connectivity index (χ3n) is 6.35. The second kappa shape index (κ2) is 14.4. The Morgan fingerprint density at radius 3 is 2.58 bits per heavy atom. The molecule has 0 saturated carbocycles. The largest absolute Gasteiger partial charge is 0.492 e. The summed E-state index contributed by atoms with van der Waals surface area (Å²) in [5, 5.41) is 3.36. The molecule has 7 nitrogen and oxygen atoms in total. The van der Waals surface area contributed by atoms with E-state index in [4.69, 9.17) is 19.2 Å². The van der Waals surface area contributed by atoms with Gasteiger partial charge >= 0.3 is 0 Å². The van der Waals surface area contributed by atoms with Crippen LogP contribution in [0.15, 0.2) is 74.0 Å². The van der Waals surface area contributed by atoms with Gasteiger partial charge in [0.05, 0.1) is 32.1 Å². The summed E-state index contributed by atoms with van der Waals surface area (Å²) in [7, 11) is 0. The van der Waals surface area contributed by atoms with Gasteiger partial charge in [0.25, 0.3) is 0 Å². The van der Waals surface area contributed by atoms with Crippen LogP contribution < -0.4 is 10.1 Å². The number of ether oxygens (including phenoxy) is 3. The molecule has 0 radical (unpaired) electrons. The summed E-state index contributed by atoms with van der Waals surface area (Å²) >= 11 is 0. The van der Waals surface area contributed by atoms with Gasteiger partial charge in [0, 0.05) is 29.6 Å². The fourth-order valence-electron chi connectivity index (χ4n) is 4.45. The molecule has 200 valence electrons. The highest BCUT2D eigenvalue weighted by atomic mass is 16.5. The summed E-state index contributed by atoms with van der Waals surface area (Å²) in [6.07, 6.45) is 7.90. The Labute approximate surface area is 226 Å². The normalized spacial score (nSPS) is 13.4. The van der Waals surface area contributed by atoms with Crippen molar-refractivity contribution in [3.05, 3.63) is 90.7 Å². The lowest BCUT2D eigenvalue weighted by Crippen LogP contribution is -2.25. The van der Waals surface area contributed by atoms with E-state index >= 15 is 0 Å². The minimum atomic E-state index is 0.432. The van der Waals surface area contributed by atoms with Gasteiger partial charge in [0.15, 0.2) is 0 Å². The summed E-state index contributed by atoms with van der Waals surface area (Å²) in [4.78, 5) is 11.8. The van der Waals surface area contributed by atoms with E-state index in [1.807, 2.05) is 43.5 Å². The summed E-state index contributed by atoms with van der Waals surface area (Å²) in [5.74, 6) is 1.36. The highest BCUT2D eigenvalue weighted by molar-refractivity contribution is 5.66. The Bertz CT molecular complexity index is 1210. The molecule has 4 rings (SSSR count). The Hall–Kier alpha value is -3.52. The first-order valence-corrected chi connectivity index (χ1v) is 13.2. The maximum absolute atomic E-state index is 6.15. The van der Waals surface area contributed by atoms with E-state index in [0.717, 1.165) is 59.0 Å². The van der Waals surface area contributed by atoms with E-state index in [1.54, 1.807) is 12.2 Å². The standard InChI is InChI=1S/C31H38N4O3/c1-4-16-36-22-25-9-8-10-26(19-25)30-24(3)21-32-31(34-30)33-28-11-12-29(27(20-28)23-37-17-5-2)38-18-15-35-13-6-7-14-35/h4-5,8-12,19-21H,1-2,6-7,13-18,22-23H2,3H3,(H,32,33,34). The van der Waals surface area contributed by atoms with E-state index in [9.17, 15) is 0 Å². The van der Waals surface area contributed by atoms with Crippen molar-refractivity contribution in [1.29, 1.82) is 0 Å². The lowest BCUT2D eigenvalue weighted by atomic mass is 10.1. The molecule has 1 aromatic heterocycles. The minimum Gasteiger partial charge on any atom is -0.492 e. The number of benzene rings is 2. The summed E-state index contributed by atoms with van der Waals surface area (Å²) in [6.45, 7) is 15.3. The zero-order valence-corrected chi connectivity index (χ0v) is 22.3. The van der Waals surface area contributed by atoms with E-state index in [0.29, 0.717) is 39.0 Å². The summed E-state index contributed by atoms with van der Waals surface area (Å²) in [5.41, 5.74) is 5.83. The van der Waals surface area contributed by atoms with Crippen molar-refractivity contribution in [2.45, 2.75) is 33.0 Å². The molecule has 1 N–H and O–H groups in total. The number of likely N-dealkylation sites (tertiary alicyclic amines) is 1. The third-order valence-corrected chi connectivity index (χ3v) is 6.35. The first-order valence-electron chi connectivity index (χ1n) is 13.2. The maximum Gasteiger partial charge on any atom is 0.227 e. The molecule has 2 heterocycles. The molecule has 1 saturated heterocycles. The van der Waals surface area contributed by atoms with E-state index in [-0.39, 0.29) is 0 Å². The van der Waals surface area contributed by atoms with Crippen molar-refractivity contribution in [1.82, 2.24) is 14.9 Å². The molecule has 7 heteroatoms. The predicted molar refractivity (Wildman–Crippen MR) is 153 cm³/mol. The molecule has 0 bridgehead atoms. The van der Waals surface area contributed by atoms with Crippen molar-refractivity contribution < 1.29 is 14.2 Å². The Morgan fingerprint density at radius 1 is 1.00 bits per heavy atom. The molecule has 0 atom stereocenters. The van der Waals surface area contributed by atoms with Crippen LogP contribution in [0.1, 0.15) is 29.5 Å². The highest BCUT2D eigenvalue weighted by Crippen LogP contribution is 2.27. The van der Waals surface area contributed by atoms with Crippen LogP contribution in [-0.2, 0) is 22.7 Å². The summed E-state index contributed by atoms with van der Waals surface area (Å²) in [6, 6.07) is 14.2. The van der Waals surface area contributed by atoms with Gasteiger partial charge in [-0.1, -0.05) is 30.4 Å². The maximum atomic E-state index is 6.15. The Balaban J connectivity index is 1.48. The van der Waals surface area contributed by atoms with E-state index in [2.05, 4.69) is 40.5 Å². The number of nitrogens with zero attached hydrogens (tertiary/aromatic N) is 3. The SMILES string of the molecule is C=CCOCc1cccc(-c2nc(Nc3ccc(OCCN4CCCC4)c(COCC=C)c3)ncc2C)c1. The molecule has 0 amide bonds. The van der Waals surface area contributed by atoms with Gasteiger partial charge in [-0.15, -0.1) is 13.2 Å². The van der Waals surface area contributed by atoms with Gasteiger partial charge in [-0.25, -0.2) is 9.97 Å². The molecular formula is C31H38N4O3. The monoisotopic (exact) mass is 514 g/mol. The lowest BCUT2D eigenvalue weighted by molar-refractivity contribution is 0.144. The van der Waals surface area contributed by atoms with Gasteiger partial charge in [-0.2, -0.15) is 0 Å². The number of aromatic nitrogens is 2. The first kappa shape index (κ1) is 27.5. The average Bonchev–Trinajstić information content (AvgIpc) is 3.45. The second-order valence-corrected chi connectivity index (χ2v) is 9.38. The van der Waals surface area contributed by atoms with Gasteiger partial charge < -0.3 is 19.5 Å².